The molecule has 0 N–H and O–H groups in total. The number of pyridine rings is 1. The number of rotatable bonds is 4. The number of benzene rings is 2. The monoisotopic (exact) mass is 375 g/mol. The Balaban J connectivity index is 1.36. The van der Waals surface area contributed by atoms with E-state index >= 15 is 0 Å². The van der Waals surface area contributed by atoms with Crippen LogP contribution in [0, 0.1) is 13.8 Å². The Labute approximate surface area is 165 Å². The molecule has 3 aromatic rings. The summed E-state index contributed by atoms with van der Waals surface area (Å²) in [5, 5.41) is 1.01. The van der Waals surface area contributed by atoms with Gasteiger partial charge >= 0.3 is 0 Å². The fourth-order valence-electron chi connectivity index (χ4n) is 3.70. The summed E-state index contributed by atoms with van der Waals surface area (Å²) in [6, 6.07) is 16.1. The second-order valence-electron chi connectivity index (χ2n) is 7.21. The molecule has 0 saturated carbocycles. The molecule has 4 rings (SSSR count). The largest absolute Gasteiger partial charge is 0.481 e. The molecule has 0 aliphatic carbocycles. The number of ether oxygens (including phenoxy) is 1. The molecule has 1 aliphatic heterocycles. The van der Waals surface area contributed by atoms with Gasteiger partial charge in [0.1, 0.15) is 11.3 Å². The van der Waals surface area contributed by atoms with E-state index in [2.05, 4.69) is 41.9 Å². The highest BCUT2D eigenvalue weighted by Crippen LogP contribution is 2.25. The van der Waals surface area contributed by atoms with Crippen LogP contribution in [-0.2, 0) is 4.79 Å². The van der Waals surface area contributed by atoms with Crippen LogP contribution in [0.3, 0.4) is 0 Å². The molecule has 5 heteroatoms. The van der Waals surface area contributed by atoms with Crippen LogP contribution in [0.25, 0.3) is 10.9 Å². The minimum Gasteiger partial charge on any atom is -0.481 e. The van der Waals surface area contributed by atoms with Crippen molar-refractivity contribution in [2.75, 3.05) is 37.7 Å². The molecular formula is C23H25N3O2. The Kier molecular flexibility index (Phi) is 5.15. The molecule has 0 atom stereocenters. The average molecular weight is 375 g/mol. The Morgan fingerprint density at radius 1 is 1.00 bits per heavy atom. The Bertz CT molecular complexity index is 989. The number of amides is 1. The van der Waals surface area contributed by atoms with Crippen LogP contribution in [0.1, 0.15) is 11.1 Å². The number of hydrogen-bond donors (Lipinski definition) is 0. The summed E-state index contributed by atoms with van der Waals surface area (Å²) in [6.07, 6.45) is 1.74. The van der Waals surface area contributed by atoms with E-state index in [0.717, 1.165) is 24.0 Å². The number of aromatic nitrogens is 1. The SMILES string of the molecule is Cc1cccc(N2CCN(C(=O)COc3cccc4cccnc34)CC2)c1C. The number of carbonyl (C=O) groups is 1. The van der Waals surface area contributed by atoms with Crippen LogP contribution in [0.2, 0.25) is 0 Å². The van der Waals surface area contributed by atoms with Gasteiger partial charge in [0.15, 0.2) is 6.61 Å². The highest BCUT2D eigenvalue weighted by Gasteiger charge is 2.22. The molecule has 1 aliphatic rings. The first-order valence-electron chi connectivity index (χ1n) is 9.69. The zero-order valence-corrected chi connectivity index (χ0v) is 16.4. The van der Waals surface area contributed by atoms with Gasteiger partial charge in [0.25, 0.3) is 5.91 Å². The van der Waals surface area contributed by atoms with E-state index in [9.17, 15) is 4.79 Å². The molecule has 1 fully saturated rings. The zero-order valence-electron chi connectivity index (χ0n) is 16.4. The molecule has 1 aromatic heterocycles. The first-order valence-corrected chi connectivity index (χ1v) is 9.69. The maximum absolute atomic E-state index is 12.6. The number of para-hydroxylation sites is 1. The van der Waals surface area contributed by atoms with Gasteiger partial charge in [-0.05, 0) is 43.2 Å². The van der Waals surface area contributed by atoms with Crippen LogP contribution in [0.15, 0.2) is 54.7 Å². The summed E-state index contributed by atoms with van der Waals surface area (Å²) in [5.41, 5.74) is 4.67. The molecule has 1 saturated heterocycles. The molecule has 2 aromatic carbocycles. The highest BCUT2D eigenvalue weighted by atomic mass is 16.5. The van der Waals surface area contributed by atoms with Crippen molar-refractivity contribution in [3.8, 4) is 5.75 Å². The number of fused-ring (bicyclic) bond motifs is 1. The molecule has 2 heterocycles. The van der Waals surface area contributed by atoms with Crippen molar-refractivity contribution in [1.29, 1.82) is 0 Å². The van der Waals surface area contributed by atoms with Crippen molar-refractivity contribution in [2.24, 2.45) is 0 Å². The van der Waals surface area contributed by atoms with Gasteiger partial charge in [-0.1, -0.05) is 30.3 Å². The van der Waals surface area contributed by atoms with E-state index in [4.69, 9.17) is 4.74 Å². The lowest BCUT2D eigenvalue weighted by atomic mass is 10.1. The predicted molar refractivity (Wildman–Crippen MR) is 112 cm³/mol. The molecule has 0 radical (unpaired) electrons. The van der Waals surface area contributed by atoms with Crippen molar-refractivity contribution in [2.45, 2.75) is 13.8 Å². The van der Waals surface area contributed by atoms with Gasteiger partial charge in [0.05, 0.1) is 0 Å². The Hall–Kier alpha value is -3.08. The van der Waals surface area contributed by atoms with E-state index in [0.29, 0.717) is 18.8 Å². The Morgan fingerprint density at radius 2 is 1.75 bits per heavy atom. The van der Waals surface area contributed by atoms with Crippen LogP contribution in [0.5, 0.6) is 5.75 Å². The molecule has 0 bridgehead atoms. The molecule has 28 heavy (non-hydrogen) atoms. The van der Waals surface area contributed by atoms with Crippen molar-refractivity contribution in [1.82, 2.24) is 9.88 Å². The summed E-state index contributed by atoms with van der Waals surface area (Å²) in [7, 11) is 0. The van der Waals surface area contributed by atoms with Gasteiger partial charge < -0.3 is 14.5 Å². The zero-order chi connectivity index (χ0) is 19.5. The highest BCUT2D eigenvalue weighted by molar-refractivity contribution is 5.85. The fraction of sp³-hybridized carbons (Fsp3) is 0.304. The first kappa shape index (κ1) is 18.3. The fourth-order valence-corrected chi connectivity index (χ4v) is 3.70. The first-order chi connectivity index (χ1) is 13.6. The van der Waals surface area contributed by atoms with Gasteiger partial charge in [0.2, 0.25) is 0 Å². The van der Waals surface area contributed by atoms with Crippen molar-refractivity contribution in [3.05, 3.63) is 65.9 Å². The summed E-state index contributed by atoms with van der Waals surface area (Å²) in [5.74, 6) is 0.675. The van der Waals surface area contributed by atoms with E-state index in [1.807, 2.05) is 35.2 Å². The number of carbonyl (C=O) groups excluding carboxylic acids is 1. The predicted octanol–water partition coefficient (Wildman–Crippen LogP) is 3.58. The lowest BCUT2D eigenvalue weighted by molar-refractivity contribution is -0.133. The van der Waals surface area contributed by atoms with E-state index in [1.165, 1.54) is 16.8 Å². The summed E-state index contributed by atoms with van der Waals surface area (Å²) in [4.78, 5) is 21.3. The minimum absolute atomic E-state index is 0.0218. The average Bonchev–Trinajstić information content (AvgIpc) is 2.74. The molecule has 1 amide bonds. The third-order valence-corrected chi connectivity index (χ3v) is 5.50. The number of anilines is 1. The third-order valence-electron chi connectivity index (χ3n) is 5.50. The normalized spacial score (nSPS) is 14.4. The van der Waals surface area contributed by atoms with Crippen molar-refractivity contribution in [3.63, 3.8) is 0 Å². The van der Waals surface area contributed by atoms with Gasteiger partial charge in [-0.25, -0.2) is 0 Å². The standard InChI is InChI=1S/C23H25N3O2/c1-17-6-3-9-20(18(17)2)25-12-14-26(15-13-25)22(27)16-28-21-10-4-7-19-8-5-11-24-23(19)21/h3-11H,12-16H2,1-2H3. The lowest BCUT2D eigenvalue weighted by Crippen LogP contribution is -2.50. The van der Waals surface area contributed by atoms with Crippen LogP contribution in [0.4, 0.5) is 5.69 Å². The number of piperazine rings is 1. The van der Waals surface area contributed by atoms with E-state index < -0.39 is 0 Å². The van der Waals surface area contributed by atoms with Gasteiger partial charge in [-0.2, -0.15) is 0 Å². The second-order valence-corrected chi connectivity index (χ2v) is 7.21. The summed E-state index contributed by atoms with van der Waals surface area (Å²) < 4.78 is 5.81. The van der Waals surface area contributed by atoms with Crippen LogP contribution in [-0.4, -0.2) is 48.6 Å². The number of nitrogens with zero attached hydrogens (tertiary/aromatic N) is 3. The van der Waals surface area contributed by atoms with Gasteiger partial charge in [-0.15, -0.1) is 0 Å². The topological polar surface area (TPSA) is 45.7 Å². The second kappa shape index (κ2) is 7.89. The van der Waals surface area contributed by atoms with Crippen LogP contribution >= 0.6 is 0 Å². The molecular weight excluding hydrogens is 350 g/mol. The minimum atomic E-state index is 0.0218. The van der Waals surface area contributed by atoms with E-state index in [-0.39, 0.29) is 12.5 Å². The molecule has 144 valence electrons. The molecule has 0 spiro atoms. The number of hydrogen-bond acceptors (Lipinski definition) is 4. The van der Waals surface area contributed by atoms with Crippen molar-refractivity contribution >= 4 is 22.5 Å². The third kappa shape index (κ3) is 3.65. The van der Waals surface area contributed by atoms with Crippen molar-refractivity contribution < 1.29 is 9.53 Å². The summed E-state index contributed by atoms with van der Waals surface area (Å²) >= 11 is 0. The number of aryl methyl sites for hydroxylation is 1. The maximum atomic E-state index is 12.6. The summed E-state index contributed by atoms with van der Waals surface area (Å²) in [6.45, 7) is 7.44. The molecule has 0 unspecified atom stereocenters. The Morgan fingerprint density at radius 3 is 2.57 bits per heavy atom. The molecule has 5 nitrogen and oxygen atoms in total. The van der Waals surface area contributed by atoms with E-state index in [1.54, 1.807) is 6.20 Å². The smallest absolute Gasteiger partial charge is 0.260 e. The maximum Gasteiger partial charge on any atom is 0.260 e. The quantitative estimate of drug-likeness (QED) is 0.699. The van der Waals surface area contributed by atoms with Gasteiger partial charge in [0, 0.05) is 43.4 Å². The van der Waals surface area contributed by atoms with Crippen LogP contribution < -0.4 is 9.64 Å². The van der Waals surface area contributed by atoms with Gasteiger partial charge in [-0.3, -0.25) is 9.78 Å². The lowest BCUT2D eigenvalue weighted by Gasteiger charge is -2.37.